The maximum atomic E-state index is 4.29. The maximum Gasteiger partial charge on any atom is 0.0964 e. The van der Waals surface area contributed by atoms with Crippen molar-refractivity contribution in [3.05, 3.63) is 42.0 Å². The molecular formula is C11H15N5. The smallest absolute Gasteiger partial charge is 0.0964 e. The summed E-state index contributed by atoms with van der Waals surface area (Å²) in [5, 5.41) is 11.2. The van der Waals surface area contributed by atoms with Gasteiger partial charge in [0.1, 0.15) is 0 Å². The third kappa shape index (κ3) is 2.64. The van der Waals surface area contributed by atoms with E-state index in [1.165, 1.54) is 0 Å². The van der Waals surface area contributed by atoms with E-state index in [9.17, 15) is 0 Å². The Kier molecular flexibility index (Phi) is 3.26. The van der Waals surface area contributed by atoms with Gasteiger partial charge in [-0.2, -0.15) is 0 Å². The molecule has 5 nitrogen and oxygen atoms in total. The molecule has 1 atom stereocenters. The van der Waals surface area contributed by atoms with Crippen LogP contribution in [0, 0.1) is 0 Å². The van der Waals surface area contributed by atoms with Crippen LogP contribution in [0.1, 0.15) is 24.4 Å². The van der Waals surface area contributed by atoms with Crippen LogP contribution in [0.25, 0.3) is 0 Å². The predicted octanol–water partition coefficient (Wildman–Crippen LogP) is 1.06. The summed E-state index contributed by atoms with van der Waals surface area (Å²) in [6.45, 7) is 2.78. The van der Waals surface area contributed by atoms with Crippen molar-refractivity contribution in [3.63, 3.8) is 0 Å². The zero-order chi connectivity index (χ0) is 11.4. The number of nitrogens with one attached hydrogen (secondary N) is 1. The maximum absolute atomic E-state index is 4.29. The Balaban J connectivity index is 1.91. The average Bonchev–Trinajstić information content (AvgIpc) is 2.73. The van der Waals surface area contributed by atoms with Gasteiger partial charge in [0.05, 0.1) is 11.4 Å². The Morgan fingerprint density at radius 2 is 2.31 bits per heavy atom. The van der Waals surface area contributed by atoms with E-state index in [1.54, 1.807) is 10.9 Å². The van der Waals surface area contributed by atoms with Crippen LogP contribution >= 0.6 is 0 Å². The van der Waals surface area contributed by atoms with Gasteiger partial charge < -0.3 is 5.32 Å². The average molecular weight is 217 g/mol. The highest BCUT2D eigenvalue weighted by atomic mass is 15.4. The Morgan fingerprint density at radius 1 is 1.44 bits per heavy atom. The van der Waals surface area contributed by atoms with Crippen molar-refractivity contribution >= 4 is 0 Å². The molecule has 16 heavy (non-hydrogen) atoms. The minimum absolute atomic E-state index is 0.211. The van der Waals surface area contributed by atoms with Crippen molar-refractivity contribution in [1.29, 1.82) is 0 Å². The van der Waals surface area contributed by atoms with Crippen LogP contribution in [0.2, 0.25) is 0 Å². The van der Waals surface area contributed by atoms with Crippen LogP contribution in [-0.4, -0.2) is 20.0 Å². The number of nitrogens with zero attached hydrogens (tertiary/aromatic N) is 4. The van der Waals surface area contributed by atoms with Gasteiger partial charge in [0.15, 0.2) is 0 Å². The van der Waals surface area contributed by atoms with E-state index in [-0.39, 0.29) is 6.04 Å². The lowest BCUT2D eigenvalue weighted by Crippen LogP contribution is -2.19. The van der Waals surface area contributed by atoms with Crippen molar-refractivity contribution < 1.29 is 0 Å². The third-order valence-corrected chi connectivity index (χ3v) is 2.37. The lowest BCUT2D eigenvalue weighted by atomic mass is 10.2. The molecule has 0 spiro atoms. The lowest BCUT2D eigenvalue weighted by Gasteiger charge is -2.11. The van der Waals surface area contributed by atoms with Crippen LogP contribution in [0.4, 0.5) is 0 Å². The first-order valence-electron chi connectivity index (χ1n) is 5.25. The molecule has 2 aromatic heterocycles. The highest BCUT2D eigenvalue weighted by Gasteiger charge is 2.06. The third-order valence-electron chi connectivity index (χ3n) is 2.37. The molecule has 0 radical (unpaired) electrons. The SMILES string of the molecule is CC(NCc1cn(C)nn1)c1ccccn1. The normalized spacial score (nSPS) is 12.6. The second kappa shape index (κ2) is 4.85. The molecule has 0 bridgehead atoms. The number of aryl methyl sites for hydroxylation is 1. The molecule has 2 rings (SSSR count). The summed E-state index contributed by atoms with van der Waals surface area (Å²) in [4.78, 5) is 4.29. The Labute approximate surface area is 94.5 Å². The molecule has 5 heteroatoms. The molecule has 2 aromatic rings. The highest BCUT2D eigenvalue weighted by molar-refractivity contribution is 5.07. The van der Waals surface area contributed by atoms with Crippen LogP contribution < -0.4 is 5.32 Å². The van der Waals surface area contributed by atoms with E-state index in [2.05, 4.69) is 27.5 Å². The fourth-order valence-electron chi connectivity index (χ4n) is 1.47. The van der Waals surface area contributed by atoms with Gasteiger partial charge in [-0.25, -0.2) is 0 Å². The zero-order valence-electron chi connectivity index (χ0n) is 9.46. The van der Waals surface area contributed by atoms with E-state index >= 15 is 0 Å². The summed E-state index contributed by atoms with van der Waals surface area (Å²) in [7, 11) is 1.86. The molecule has 0 saturated carbocycles. The van der Waals surface area contributed by atoms with E-state index in [1.807, 2.05) is 31.4 Å². The summed E-state index contributed by atoms with van der Waals surface area (Å²) in [5.74, 6) is 0. The second-order valence-corrected chi connectivity index (χ2v) is 3.74. The van der Waals surface area contributed by atoms with Crippen LogP contribution in [-0.2, 0) is 13.6 Å². The molecule has 1 unspecified atom stereocenters. The van der Waals surface area contributed by atoms with Crippen molar-refractivity contribution in [2.45, 2.75) is 19.5 Å². The van der Waals surface area contributed by atoms with Gasteiger partial charge in [0, 0.05) is 32.0 Å². The topological polar surface area (TPSA) is 55.6 Å². The standard InChI is InChI=1S/C11H15N5/c1-9(11-5-3-4-6-12-11)13-7-10-8-16(2)15-14-10/h3-6,8-9,13H,7H2,1-2H3. The largest absolute Gasteiger partial charge is 0.303 e. The Morgan fingerprint density at radius 3 is 2.94 bits per heavy atom. The molecule has 2 heterocycles. The van der Waals surface area contributed by atoms with Gasteiger partial charge in [-0.15, -0.1) is 5.10 Å². The molecule has 0 aliphatic rings. The molecule has 0 aliphatic heterocycles. The number of hydrogen-bond acceptors (Lipinski definition) is 4. The monoisotopic (exact) mass is 217 g/mol. The van der Waals surface area contributed by atoms with Crippen LogP contribution in [0.15, 0.2) is 30.6 Å². The van der Waals surface area contributed by atoms with Gasteiger partial charge in [-0.3, -0.25) is 9.67 Å². The summed E-state index contributed by atoms with van der Waals surface area (Å²) in [5.41, 5.74) is 1.97. The zero-order valence-corrected chi connectivity index (χ0v) is 9.46. The Hall–Kier alpha value is -1.75. The first-order chi connectivity index (χ1) is 7.75. The van der Waals surface area contributed by atoms with E-state index in [0.29, 0.717) is 6.54 Å². The second-order valence-electron chi connectivity index (χ2n) is 3.74. The molecule has 0 amide bonds. The number of pyridine rings is 1. The highest BCUT2D eigenvalue weighted by Crippen LogP contribution is 2.08. The molecule has 0 fully saturated rings. The number of rotatable bonds is 4. The van der Waals surface area contributed by atoms with Gasteiger partial charge in [-0.1, -0.05) is 11.3 Å². The van der Waals surface area contributed by atoms with E-state index in [0.717, 1.165) is 11.4 Å². The van der Waals surface area contributed by atoms with Crippen molar-refractivity contribution in [2.75, 3.05) is 0 Å². The number of aromatic nitrogens is 4. The summed E-state index contributed by atoms with van der Waals surface area (Å²) < 4.78 is 1.70. The minimum atomic E-state index is 0.211. The van der Waals surface area contributed by atoms with Crippen molar-refractivity contribution in [1.82, 2.24) is 25.3 Å². The van der Waals surface area contributed by atoms with Gasteiger partial charge in [-0.05, 0) is 19.1 Å². The van der Waals surface area contributed by atoms with Crippen molar-refractivity contribution in [3.8, 4) is 0 Å². The first kappa shape index (κ1) is 10.8. The van der Waals surface area contributed by atoms with E-state index in [4.69, 9.17) is 0 Å². The molecule has 84 valence electrons. The summed E-state index contributed by atoms with van der Waals surface area (Å²) in [6, 6.07) is 6.12. The molecule has 1 N–H and O–H groups in total. The molecule has 0 saturated heterocycles. The number of hydrogen-bond donors (Lipinski definition) is 1. The molecule has 0 aromatic carbocycles. The molecular weight excluding hydrogens is 202 g/mol. The van der Waals surface area contributed by atoms with Gasteiger partial charge in [0.2, 0.25) is 0 Å². The molecule has 0 aliphatic carbocycles. The van der Waals surface area contributed by atoms with Crippen LogP contribution in [0.5, 0.6) is 0 Å². The minimum Gasteiger partial charge on any atom is -0.303 e. The van der Waals surface area contributed by atoms with Crippen LogP contribution in [0.3, 0.4) is 0 Å². The predicted molar refractivity (Wildman–Crippen MR) is 60.5 cm³/mol. The van der Waals surface area contributed by atoms with E-state index < -0.39 is 0 Å². The lowest BCUT2D eigenvalue weighted by molar-refractivity contribution is 0.554. The summed E-state index contributed by atoms with van der Waals surface area (Å²) in [6.07, 6.45) is 3.70. The fraction of sp³-hybridized carbons (Fsp3) is 0.364. The van der Waals surface area contributed by atoms with Gasteiger partial charge >= 0.3 is 0 Å². The Bertz CT molecular complexity index is 437. The van der Waals surface area contributed by atoms with Gasteiger partial charge in [0.25, 0.3) is 0 Å². The summed E-state index contributed by atoms with van der Waals surface area (Å²) >= 11 is 0. The first-order valence-corrected chi connectivity index (χ1v) is 5.25. The quantitative estimate of drug-likeness (QED) is 0.832. The van der Waals surface area contributed by atoms with Crippen molar-refractivity contribution in [2.24, 2.45) is 7.05 Å². The fourth-order valence-corrected chi connectivity index (χ4v) is 1.47.